The van der Waals surface area contributed by atoms with Crippen molar-refractivity contribution in [2.24, 2.45) is 10.1 Å². The van der Waals surface area contributed by atoms with Crippen LogP contribution in [0.15, 0.2) is 94.9 Å². The molecule has 8 heteroatoms. The van der Waals surface area contributed by atoms with E-state index in [2.05, 4.69) is 74.6 Å². The monoisotopic (exact) mass is 600 g/mol. The van der Waals surface area contributed by atoms with Gasteiger partial charge in [0.2, 0.25) is 5.91 Å². The van der Waals surface area contributed by atoms with E-state index in [1.54, 1.807) is 31.4 Å². The van der Waals surface area contributed by atoms with Gasteiger partial charge in [-0.25, -0.2) is 0 Å². The van der Waals surface area contributed by atoms with E-state index in [4.69, 9.17) is 4.74 Å². The van der Waals surface area contributed by atoms with Crippen molar-refractivity contribution in [1.82, 2.24) is 20.5 Å². The Hall–Kier alpha value is -3.91. The maximum absolute atomic E-state index is 12.8. The number of hydrazone groups is 1. The van der Waals surface area contributed by atoms with Crippen molar-refractivity contribution in [2.45, 2.75) is 84.8 Å². The third-order valence-electron chi connectivity index (χ3n) is 7.95. The number of rotatable bonds is 12. The number of amidine groups is 1. The van der Waals surface area contributed by atoms with Gasteiger partial charge in [-0.05, 0) is 69.4 Å². The summed E-state index contributed by atoms with van der Waals surface area (Å²) in [4.78, 5) is 22.1. The highest BCUT2D eigenvalue weighted by molar-refractivity contribution is 6.05. The highest BCUT2D eigenvalue weighted by Gasteiger charge is 2.29. The Bertz CT molecular complexity index is 1270. The molecular weight excluding hydrogens is 548 g/mol. The van der Waals surface area contributed by atoms with Gasteiger partial charge in [0, 0.05) is 61.7 Å². The fraction of sp³-hybridized carbons (Fsp3) is 0.472. The summed E-state index contributed by atoms with van der Waals surface area (Å²) < 4.78 is 5.59. The summed E-state index contributed by atoms with van der Waals surface area (Å²) in [6.07, 6.45) is 19.6. The molecule has 0 aromatic heterocycles. The van der Waals surface area contributed by atoms with Gasteiger partial charge in [0.1, 0.15) is 11.6 Å². The first-order valence-corrected chi connectivity index (χ1v) is 16.2. The van der Waals surface area contributed by atoms with Gasteiger partial charge in [-0.15, -0.1) is 0 Å². The van der Waals surface area contributed by atoms with E-state index in [-0.39, 0.29) is 11.9 Å². The molecule has 1 aromatic rings. The molecule has 3 heterocycles. The maximum atomic E-state index is 12.8. The average molecular weight is 601 g/mol. The van der Waals surface area contributed by atoms with Crippen molar-refractivity contribution in [2.75, 3.05) is 26.7 Å². The third kappa shape index (κ3) is 10.4. The van der Waals surface area contributed by atoms with Gasteiger partial charge in [0.05, 0.1) is 18.5 Å². The van der Waals surface area contributed by atoms with E-state index >= 15 is 0 Å². The van der Waals surface area contributed by atoms with Crippen molar-refractivity contribution >= 4 is 17.5 Å². The summed E-state index contributed by atoms with van der Waals surface area (Å²) in [5, 5.41) is 7.75. The number of carbonyl (C=O) groups is 1. The van der Waals surface area contributed by atoms with Crippen LogP contribution in [0.2, 0.25) is 0 Å². The van der Waals surface area contributed by atoms with Crippen molar-refractivity contribution in [3.63, 3.8) is 0 Å². The quantitative estimate of drug-likeness (QED) is 0.124. The number of aliphatic imine (C=N–C) groups is 1. The fourth-order valence-electron chi connectivity index (χ4n) is 5.64. The molecule has 2 atom stereocenters. The first-order valence-electron chi connectivity index (χ1n) is 16.2. The van der Waals surface area contributed by atoms with Crippen LogP contribution in [-0.4, -0.2) is 66.1 Å². The lowest BCUT2D eigenvalue weighted by molar-refractivity contribution is -0.117. The van der Waals surface area contributed by atoms with Crippen LogP contribution in [0.4, 0.5) is 0 Å². The molecule has 2 N–H and O–H groups in total. The number of para-hydroxylation sites is 1. The number of nitrogens with one attached hydrogen (secondary N) is 2. The maximum Gasteiger partial charge on any atom is 0.244 e. The predicted molar refractivity (Wildman–Crippen MR) is 184 cm³/mol. The zero-order valence-electron chi connectivity index (χ0n) is 27.4. The molecule has 0 aliphatic carbocycles. The van der Waals surface area contributed by atoms with Crippen LogP contribution in [0.5, 0.6) is 5.75 Å². The topological polar surface area (TPSA) is 81.6 Å². The molecule has 1 amide bonds. The van der Waals surface area contributed by atoms with Crippen molar-refractivity contribution in [1.29, 1.82) is 0 Å². The average Bonchev–Trinajstić information content (AvgIpc) is 3.30. The van der Waals surface area contributed by atoms with Crippen molar-refractivity contribution in [3.8, 4) is 5.75 Å². The second-order valence-corrected chi connectivity index (χ2v) is 11.0. The Balaban J connectivity index is 0.00000259. The smallest absolute Gasteiger partial charge is 0.244 e. The minimum absolute atomic E-state index is 0.0991. The van der Waals surface area contributed by atoms with Gasteiger partial charge in [-0.2, -0.15) is 5.10 Å². The summed E-state index contributed by atoms with van der Waals surface area (Å²) in [6.45, 7) is 15.6. The lowest BCUT2D eigenvalue weighted by Crippen LogP contribution is -2.51. The number of fused-ring (bicyclic) bond motifs is 1. The zero-order valence-corrected chi connectivity index (χ0v) is 27.4. The lowest BCUT2D eigenvalue weighted by atomic mass is 9.94. The molecular formula is C36H52N6O2. The second-order valence-electron chi connectivity index (χ2n) is 11.0. The Kier molecular flexibility index (Phi) is 14.7. The molecule has 238 valence electrons. The molecule has 0 saturated carbocycles. The number of ether oxygens (including phenoxy) is 1. The van der Waals surface area contributed by atoms with Crippen LogP contribution in [0.1, 0.15) is 71.8 Å². The van der Waals surface area contributed by atoms with Gasteiger partial charge in [-0.1, -0.05) is 58.0 Å². The number of piperidine rings is 1. The van der Waals surface area contributed by atoms with E-state index in [9.17, 15) is 4.79 Å². The van der Waals surface area contributed by atoms with Crippen molar-refractivity contribution in [3.05, 3.63) is 90.3 Å². The second kappa shape index (κ2) is 18.7. The fourth-order valence-corrected chi connectivity index (χ4v) is 5.64. The number of hydrogen-bond donors (Lipinski definition) is 2. The Morgan fingerprint density at radius 2 is 2.02 bits per heavy atom. The van der Waals surface area contributed by atoms with Crippen LogP contribution in [0.25, 0.3) is 0 Å². The predicted octanol–water partition coefficient (Wildman–Crippen LogP) is 6.51. The van der Waals surface area contributed by atoms with Gasteiger partial charge < -0.3 is 15.0 Å². The SMILES string of the molecule is C=C/C(=C\C=C\C(=O)NC1CCC(CCC)N(Cc2ccccc2OC)C1)N/N=C(\C)C1=CN2CCCCN=C2C=C1.CC. The number of likely N-dealkylation sites (tertiary alicyclic amines) is 1. The minimum atomic E-state index is -0.0991. The first kappa shape index (κ1) is 34.6. The first-order chi connectivity index (χ1) is 21.5. The molecule has 8 nitrogen and oxygen atoms in total. The molecule has 1 saturated heterocycles. The molecule has 3 aliphatic heterocycles. The third-order valence-corrected chi connectivity index (χ3v) is 7.95. The van der Waals surface area contributed by atoms with Crippen LogP contribution in [-0.2, 0) is 11.3 Å². The summed E-state index contributed by atoms with van der Waals surface area (Å²) in [5.74, 6) is 1.83. The van der Waals surface area contributed by atoms with E-state index in [0.717, 1.165) is 87.6 Å². The van der Waals surface area contributed by atoms with E-state index in [0.29, 0.717) is 11.7 Å². The molecule has 1 fully saturated rings. The van der Waals surface area contributed by atoms with Gasteiger partial charge in [0.15, 0.2) is 0 Å². The van der Waals surface area contributed by atoms with Crippen LogP contribution in [0.3, 0.4) is 0 Å². The largest absolute Gasteiger partial charge is 0.496 e. The number of amides is 1. The Morgan fingerprint density at radius 1 is 1.20 bits per heavy atom. The molecule has 3 aliphatic rings. The summed E-state index contributed by atoms with van der Waals surface area (Å²) >= 11 is 0. The molecule has 44 heavy (non-hydrogen) atoms. The van der Waals surface area contributed by atoms with Crippen LogP contribution < -0.4 is 15.5 Å². The number of allylic oxidation sites excluding steroid dienone is 5. The summed E-state index contributed by atoms with van der Waals surface area (Å²) in [7, 11) is 1.72. The highest BCUT2D eigenvalue weighted by atomic mass is 16.5. The van der Waals surface area contributed by atoms with Crippen LogP contribution >= 0.6 is 0 Å². The van der Waals surface area contributed by atoms with Gasteiger partial charge in [-0.3, -0.25) is 20.1 Å². The molecule has 2 unspecified atom stereocenters. The van der Waals surface area contributed by atoms with E-state index in [1.807, 2.05) is 32.9 Å². The molecule has 0 spiro atoms. The highest BCUT2D eigenvalue weighted by Crippen LogP contribution is 2.27. The van der Waals surface area contributed by atoms with Crippen LogP contribution in [0, 0.1) is 0 Å². The molecule has 1 aromatic carbocycles. The van der Waals surface area contributed by atoms with Gasteiger partial charge in [0.25, 0.3) is 0 Å². The Labute approximate surface area is 265 Å². The van der Waals surface area contributed by atoms with E-state index in [1.165, 1.54) is 5.56 Å². The normalized spacial score (nSPS) is 20.9. The number of methoxy groups -OCH3 is 1. The number of benzene rings is 1. The molecule has 4 rings (SSSR count). The van der Waals surface area contributed by atoms with E-state index < -0.39 is 0 Å². The molecule has 0 bridgehead atoms. The minimum Gasteiger partial charge on any atom is -0.496 e. The Morgan fingerprint density at radius 3 is 2.80 bits per heavy atom. The summed E-state index contributed by atoms with van der Waals surface area (Å²) in [6, 6.07) is 8.80. The summed E-state index contributed by atoms with van der Waals surface area (Å²) in [5.41, 5.74) is 6.85. The number of carbonyl (C=O) groups excluding carboxylic acids is 1. The molecule has 0 radical (unpaired) electrons. The number of nitrogens with zero attached hydrogens (tertiary/aromatic N) is 4. The van der Waals surface area contributed by atoms with Crippen molar-refractivity contribution < 1.29 is 9.53 Å². The standard InChI is InChI=1S/C34H46N6O2.C2H6/c1-5-12-31-19-18-30(25-40(31)24-28-13-7-8-15-32(28)42-4)36-34(41)16-11-14-29(6-2)38-37-26(3)27-17-20-33-35-21-9-10-22-39(33)23-27;1-2/h6-8,11,13-17,20,23,30-31,38H,2,5,9-10,12,18-19,21-22,24-25H2,1,3-4H3,(H,36,41);1-2H3/b16-11+,29-14+,37-26+;. The lowest BCUT2D eigenvalue weighted by Gasteiger charge is -2.40. The zero-order chi connectivity index (χ0) is 31.7. The van der Waals surface area contributed by atoms with Gasteiger partial charge >= 0.3 is 0 Å². The number of hydrogen-bond acceptors (Lipinski definition) is 7.